The summed E-state index contributed by atoms with van der Waals surface area (Å²) in [7, 11) is -10.3. The summed E-state index contributed by atoms with van der Waals surface area (Å²) in [6, 6.07) is 23.1. The van der Waals surface area contributed by atoms with Gasteiger partial charge in [0.1, 0.15) is 9.79 Å². The normalized spacial score (nSPS) is 10.7. The molecule has 0 aliphatic rings. The molecule has 0 saturated heterocycles. The fourth-order valence-corrected chi connectivity index (χ4v) is 7.15. The van der Waals surface area contributed by atoms with Gasteiger partial charge in [0.05, 0.1) is 33.6 Å². The molecule has 23 heteroatoms. The van der Waals surface area contributed by atoms with Crippen molar-refractivity contribution in [2.75, 3.05) is 21.3 Å². The van der Waals surface area contributed by atoms with Crippen molar-refractivity contribution in [3.63, 3.8) is 0 Å². The monoisotopic (exact) mass is 894 g/mol. The predicted molar refractivity (Wildman–Crippen MR) is 207 cm³/mol. The molecule has 6 rings (SSSR count). The summed E-state index contributed by atoms with van der Waals surface area (Å²) >= 11 is 0. The molecule has 0 aromatic heterocycles. The van der Waals surface area contributed by atoms with Crippen LogP contribution in [0.2, 0.25) is 0 Å². The van der Waals surface area contributed by atoms with Crippen molar-refractivity contribution in [1.82, 2.24) is 0 Å². The Morgan fingerprint density at radius 3 is 1.05 bits per heavy atom. The molecule has 0 atom stereocenters. The predicted octanol–water partition coefficient (Wildman–Crippen LogP) is -5.50. The van der Waals surface area contributed by atoms with E-state index < -0.39 is 70.9 Å². The van der Waals surface area contributed by atoms with Crippen molar-refractivity contribution < 1.29 is 184 Å². The molecule has 6 aromatic carbocycles. The molecule has 0 bridgehead atoms. The smallest absolute Gasteiger partial charge is 1.00 e. The largest absolute Gasteiger partial charge is 1.00 e. The van der Waals surface area contributed by atoms with Gasteiger partial charge in [0.2, 0.25) is 0 Å². The Morgan fingerprint density at radius 1 is 0.433 bits per heavy atom. The molecule has 4 amide bonds. The Bertz CT molecular complexity index is 2740. The van der Waals surface area contributed by atoms with Crippen LogP contribution in [0.1, 0.15) is 47.1 Å². The van der Waals surface area contributed by atoms with Crippen molar-refractivity contribution in [3.05, 3.63) is 131 Å². The van der Waals surface area contributed by atoms with Gasteiger partial charge in [-0.05, 0) is 82.2 Å². The van der Waals surface area contributed by atoms with Gasteiger partial charge in [-0.1, -0.05) is 48.5 Å². The van der Waals surface area contributed by atoms with E-state index in [4.69, 9.17) is 0 Å². The summed E-state index contributed by atoms with van der Waals surface area (Å²) in [6.45, 7) is 0. The first-order valence-corrected chi connectivity index (χ1v) is 18.7. The first kappa shape index (κ1) is 52.9. The molecule has 0 aliphatic heterocycles. The fourth-order valence-electron chi connectivity index (χ4n) is 5.72. The molecule has 0 unspecified atom stereocenters. The van der Waals surface area contributed by atoms with Crippen LogP contribution in [0.3, 0.4) is 0 Å². The van der Waals surface area contributed by atoms with E-state index in [1.807, 2.05) is 0 Å². The van der Waals surface area contributed by atoms with Crippen molar-refractivity contribution in [3.8, 4) is 0 Å². The van der Waals surface area contributed by atoms with Gasteiger partial charge in [-0.15, -0.1) is 0 Å². The maximum atomic E-state index is 13.3. The molecular weight excluding hydrogens is 865 g/mol. The van der Waals surface area contributed by atoms with Crippen molar-refractivity contribution in [1.29, 1.82) is 0 Å². The summed E-state index contributed by atoms with van der Waals surface area (Å²) in [5.41, 5.74) is -2.76. The number of benzene rings is 6. The third-order valence-electron chi connectivity index (χ3n) is 8.25. The zero-order valence-electron chi connectivity index (χ0n) is 36.2. The molecule has 6 aromatic rings. The van der Waals surface area contributed by atoms with E-state index in [2.05, 4.69) is 21.3 Å². The number of amides is 4. The van der Waals surface area contributed by atoms with E-state index in [-0.39, 0.29) is 158 Å². The van der Waals surface area contributed by atoms with Crippen molar-refractivity contribution >= 4 is 94.3 Å². The van der Waals surface area contributed by atoms with E-state index in [0.29, 0.717) is 21.5 Å². The molecule has 0 radical (unpaired) electrons. The van der Waals surface area contributed by atoms with E-state index in [9.17, 15) is 60.1 Å². The summed E-state index contributed by atoms with van der Waals surface area (Å²) in [6.07, 6.45) is 0. The zero-order chi connectivity index (χ0) is 40.5. The van der Waals surface area contributed by atoms with Gasteiger partial charge in [-0.2, -0.15) is 16.8 Å². The molecule has 0 spiro atoms. The van der Waals surface area contributed by atoms with Crippen LogP contribution in [0.25, 0.3) is 21.5 Å². The van der Waals surface area contributed by atoms with Crippen LogP contribution in [-0.4, -0.2) is 65.9 Å². The number of carbonyl (C=O) groups is 5. The van der Waals surface area contributed by atoms with Gasteiger partial charge in [0, 0.05) is 11.4 Å². The fraction of sp³-hybridized carbons (Fsp3) is 0. The average molecular weight is 895 g/mol. The van der Waals surface area contributed by atoms with Gasteiger partial charge >= 0.3 is 136 Å². The summed E-state index contributed by atoms with van der Waals surface area (Å²) in [4.78, 5) is 61.4. The van der Waals surface area contributed by atoms with Gasteiger partial charge in [-0.25, -0.2) is 14.4 Å². The molecule has 17 nitrogen and oxygen atoms in total. The van der Waals surface area contributed by atoms with Crippen LogP contribution >= 0.6 is 0 Å². The molecule has 0 aliphatic carbocycles. The number of fused-ring (bicyclic) bond motifs is 2. The van der Waals surface area contributed by atoms with Gasteiger partial charge in [0.15, 0.2) is 0 Å². The third-order valence-corrected chi connectivity index (χ3v) is 10.0. The summed E-state index contributed by atoms with van der Waals surface area (Å²) in [5, 5.41) is 30.8. The molecule has 0 heterocycles. The minimum absolute atomic E-state index is 0. The Hall–Kier alpha value is -3.19. The maximum absolute atomic E-state index is 13.3. The van der Waals surface area contributed by atoms with Crippen LogP contribution in [0.5, 0.6) is 0 Å². The SMILES string of the molecule is O=C(Nc1ccc(C(=O)Nc2cc3ccccc3cc2C(=O)O)c(S(=O)(=O)O)c1)Nc1ccc(C(=O)Nc2cc3ccccc3cc2C(=O)O)c(S(=O)(=O)O)c1.[H-].[H-].[H-].[H-].[Na+].[Na+].[Na+].[Na+]. The van der Waals surface area contributed by atoms with Crippen LogP contribution in [0.4, 0.5) is 27.5 Å². The molecule has 0 saturated carbocycles. The molecule has 8 N–H and O–H groups in total. The second-order valence-electron chi connectivity index (χ2n) is 12.0. The van der Waals surface area contributed by atoms with E-state index in [0.717, 1.165) is 36.4 Å². The number of carboxylic acid groups (broad SMARTS) is 2. The number of urea groups is 1. The number of hydrogen-bond donors (Lipinski definition) is 8. The topological polar surface area (TPSA) is 283 Å². The van der Waals surface area contributed by atoms with E-state index in [1.54, 1.807) is 48.5 Å². The quantitative estimate of drug-likeness (QED) is 0.0472. The van der Waals surface area contributed by atoms with Crippen molar-refractivity contribution in [2.24, 2.45) is 0 Å². The number of hydrogen-bond acceptors (Lipinski definition) is 9. The molecular formula is C37H30N4Na4O13S2. The van der Waals surface area contributed by atoms with Crippen LogP contribution in [-0.2, 0) is 20.2 Å². The molecule has 292 valence electrons. The standard InChI is InChI=1S/C37H26N4O13S2.4Na.4H/c42-33(40-29-15-21-7-3-1-5-19(21)13-27(29)35(44)45)25-11-9-23(17-31(25)55(49,50)51)38-37(48)39-24-10-12-26(32(18-24)56(52,53)54)34(43)41-30-16-22-8-4-2-6-20(22)14-28(30)36(46)47;;;;;;;;/h1-18H,(H,40,42)(H,41,43)(H,44,45)(H,46,47)(H2,38,39,48)(H,49,50,51)(H,52,53,54);;;;;;;;/q;4*+1;4*-1. The maximum Gasteiger partial charge on any atom is 1.00 e. The van der Waals surface area contributed by atoms with Crippen LogP contribution < -0.4 is 139 Å². The second-order valence-corrected chi connectivity index (χ2v) is 14.7. The first-order chi connectivity index (χ1) is 26.4. The van der Waals surface area contributed by atoms with Gasteiger partial charge in [0.25, 0.3) is 32.1 Å². The number of carbonyl (C=O) groups excluding carboxylic acids is 3. The second kappa shape index (κ2) is 21.7. The number of anilines is 4. The Morgan fingerprint density at radius 2 is 0.750 bits per heavy atom. The first-order valence-electron chi connectivity index (χ1n) is 15.8. The summed E-state index contributed by atoms with van der Waals surface area (Å²) in [5.74, 6) is -5.01. The Kier molecular flexibility index (Phi) is 19.2. The number of rotatable bonds is 10. The Balaban J connectivity index is -0.00000465. The van der Waals surface area contributed by atoms with Gasteiger partial charge < -0.3 is 37.2 Å². The van der Waals surface area contributed by atoms with Gasteiger partial charge in [-0.3, -0.25) is 18.7 Å². The molecule has 0 fully saturated rings. The number of nitrogens with one attached hydrogen (secondary N) is 4. The molecule has 60 heavy (non-hydrogen) atoms. The van der Waals surface area contributed by atoms with Crippen LogP contribution in [0, 0.1) is 0 Å². The number of aromatic carboxylic acids is 2. The van der Waals surface area contributed by atoms with E-state index in [1.165, 1.54) is 24.3 Å². The Labute approximate surface area is 435 Å². The minimum atomic E-state index is -5.14. The summed E-state index contributed by atoms with van der Waals surface area (Å²) < 4.78 is 69.3. The minimum Gasteiger partial charge on any atom is -1.00 e. The average Bonchev–Trinajstić information content (AvgIpc) is 3.13. The van der Waals surface area contributed by atoms with E-state index >= 15 is 0 Å². The zero-order valence-corrected chi connectivity index (χ0v) is 41.8. The third kappa shape index (κ3) is 12.5. The number of carboxylic acids is 2. The van der Waals surface area contributed by atoms with Crippen LogP contribution in [0.15, 0.2) is 119 Å². The van der Waals surface area contributed by atoms with Crippen molar-refractivity contribution in [2.45, 2.75) is 9.79 Å².